The number of rotatable bonds is 3. The maximum atomic E-state index is 11.4. The van der Waals surface area contributed by atoms with E-state index in [1.165, 1.54) is 18.2 Å². The molecule has 162 valence electrons. The van der Waals surface area contributed by atoms with Crippen molar-refractivity contribution in [2.75, 3.05) is 12.3 Å². The smallest absolute Gasteiger partial charge is 0.203 e. The summed E-state index contributed by atoms with van der Waals surface area (Å²) in [6.07, 6.45) is -0.285. The normalized spacial score (nSPS) is 26.4. The minimum Gasteiger partial charge on any atom is -0.394 e. The molecular formula is C23H21N5O4. The highest BCUT2D eigenvalue weighted by atomic mass is 16.6. The van der Waals surface area contributed by atoms with Gasteiger partial charge in [0.25, 0.3) is 0 Å². The Hall–Kier alpha value is -3.37. The third kappa shape index (κ3) is 2.39. The molecule has 1 fully saturated rings. The van der Waals surface area contributed by atoms with Crippen molar-refractivity contribution in [1.29, 1.82) is 0 Å². The number of hydrogen-bond acceptors (Lipinski definition) is 8. The molecule has 9 nitrogen and oxygen atoms in total. The van der Waals surface area contributed by atoms with Gasteiger partial charge in [-0.2, -0.15) is 0 Å². The van der Waals surface area contributed by atoms with Crippen LogP contribution in [0.3, 0.4) is 0 Å². The number of aliphatic hydroxyl groups excluding tert-OH is 3. The lowest BCUT2D eigenvalue weighted by Crippen LogP contribution is -2.47. The number of nitrogen functional groups attached to an aromatic ring is 1. The fraction of sp³-hybridized carbons (Fsp3) is 0.261. The standard InChI is InChI=1S/C23H21N5O4/c24-21-18-22(26-10-25-21)28(11-27-18)23(20(31)19(30)17(9-29)32-23)16-7-3-6-14-13-5-2-1-4-12(13)8-15(14)16/h1-7,10-11,17,19-20,29-31H,8-9H2,(H2,24,25,26)/t17-,19-,20-,23-/m1/s1. The Labute approximate surface area is 182 Å². The fourth-order valence-electron chi connectivity index (χ4n) is 5.09. The molecule has 0 bridgehead atoms. The van der Waals surface area contributed by atoms with Crippen molar-refractivity contribution < 1.29 is 20.1 Å². The third-order valence-corrected chi connectivity index (χ3v) is 6.57. The molecule has 32 heavy (non-hydrogen) atoms. The monoisotopic (exact) mass is 431 g/mol. The van der Waals surface area contributed by atoms with E-state index in [0.29, 0.717) is 23.1 Å². The minimum atomic E-state index is -1.57. The molecule has 3 heterocycles. The van der Waals surface area contributed by atoms with E-state index in [1.54, 1.807) is 4.57 Å². The van der Waals surface area contributed by atoms with Gasteiger partial charge in [-0.25, -0.2) is 15.0 Å². The number of aromatic nitrogens is 4. The summed E-state index contributed by atoms with van der Waals surface area (Å²) in [7, 11) is 0. The molecule has 0 radical (unpaired) electrons. The van der Waals surface area contributed by atoms with Crippen LogP contribution in [-0.4, -0.2) is 59.8 Å². The van der Waals surface area contributed by atoms with Crippen LogP contribution in [-0.2, 0) is 16.9 Å². The minimum absolute atomic E-state index is 0.196. The number of nitrogens with two attached hydrogens (primary N) is 1. The molecule has 1 saturated heterocycles. The lowest BCUT2D eigenvalue weighted by atomic mass is 9.88. The summed E-state index contributed by atoms with van der Waals surface area (Å²) < 4.78 is 7.88. The highest BCUT2D eigenvalue weighted by Crippen LogP contribution is 2.48. The summed E-state index contributed by atoms with van der Waals surface area (Å²) in [6.45, 7) is -0.459. The van der Waals surface area contributed by atoms with Gasteiger partial charge in [-0.15, -0.1) is 0 Å². The first kappa shape index (κ1) is 19.3. The quantitative estimate of drug-likeness (QED) is 0.329. The van der Waals surface area contributed by atoms with Gasteiger partial charge in [0.1, 0.15) is 30.2 Å². The van der Waals surface area contributed by atoms with Crippen molar-refractivity contribution in [3.63, 3.8) is 0 Å². The first-order chi connectivity index (χ1) is 15.6. The van der Waals surface area contributed by atoms with E-state index in [0.717, 1.165) is 16.7 Å². The van der Waals surface area contributed by atoms with Crippen LogP contribution < -0.4 is 5.73 Å². The Morgan fingerprint density at radius 1 is 1.06 bits per heavy atom. The fourth-order valence-corrected chi connectivity index (χ4v) is 5.09. The molecule has 0 saturated carbocycles. The SMILES string of the molecule is Nc1ncnc2c1ncn2[C@]1(c2cccc3c2Cc2ccccc2-3)O[C@H](CO)[C@@H](O)[C@H]1O. The molecule has 4 aromatic rings. The van der Waals surface area contributed by atoms with Crippen LogP contribution in [0, 0.1) is 0 Å². The van der Waals surface area contributed by atoms with E-state index >= 15 is 0 Å². The zero-order valence-electron chi connectivity index (χ0n) is 17.0. The molecule has 9 heteroatoms. The van der Waals surface area contributed by atoms with Gasteiger partial charge < -0.3 is 25.8 Å². The van der Waals surface area contributed by atoms with Crippen molar-refractivity contribution in [1.82, 2.24) is 19.5 Å². The van der Waals surface area contributed by atoms with E-state index in [-0.39, 0.29) is 5.82 Å². The van der Waals surface area contributed by atoms with Gasteiger partial charge >= 0.3 is 0 Å². The average Bonchev–Trinajstić information content (AvgIpc) is 3.48. The van der Waals surface area contributed by atoms with Gasteiger partial charge in [-0.1, -0.05) is 42.5 Å². The molecule has 6 rings (SSSR count). The Kier molecular flexibility index (Phi) is 4.11. The molecule has 2 aliphatic rings. The Bertz CT molecular complexity index is 1360. The predicted molar refractivity (Wildman–Crippen MR) is 115 cm³/mol. The second-order valence-corrected chi connectivity index (χ2v) is 8.18. The number of ether oxygens (including phenoxy) is 1. The van der Waals surface area contributed by atoms with Gasteiger partial charge in [-0.05, 0) is 28.7 Å². The molecule has 2 aromatic carbocycles. The second-order valence-electron chi connectivity index (χ2n) is 8.18. The number of benzene rings is 2. The van der Waals surface area contributed by atoms with Gasteiger partial charge in [-0.3, -0.25) is 4.57 Å². The van der Waals surface area contributed by atoms with Gasteiger partial charge in [0.05, 0.1) is 12.9 Å². The molecule has 0 amide bonds. The van der Waals surface area contributed by atoms with Crippen molar-refractivity contribution >= 4 is 17.0 Å². The molecule has 4 atom stereocenters. The van der Waals surface area contributed by atoms with Crippen molar-refractivity contribution in [3.8, 4) is 11.1 Å². The molecule has 0 spiro atoms. The van der Waals surface area contributed by atoms with Crippen LogP contribution in [0.1, 0.15) is 16.7 Å². The van der Waals surface area contributed by atoms with E-state index in [1.807, 2.05) is 30.3 Å². The third-order valence-electron chi connectivity index (χ3n) is 6.57. The zero-order valence-corrected chi connectivity index (χ0v) is 17.0. The first-order valence-electron chi connectivity index (χ1n) is 10.4. The Balaban J connectivity index is 1.65. The van der Waals surface area contributed by atoms with E-state index in [9.17, 15) is 15.3 Å². The molecule has 0 unspecified atom stereocenters. The molecule has 2 aromatic heterocycles. The Morgan fingerprint density at radius 2 is 1.88 bits per heavy atom. The van der Waals surface area contributed by atoms with Gasteiger partial charge in [0, 0.05) is 5.56 Å². The van der Waals surface area contributed by atoms with Crippen LogP contribution >= 0.6 is 0 Å². The first-order valence-corrected chi connectivity index (χ1v) is 10.4. The highest BCUT2D eigenvalue weighted by molar-refractivity contribution is 5.82. The van der Waals surface area contributed by atoms with E-state index in [2.05, 4.69) is 27.1 Å². The summed E-state index contributed by atoms with van der Waals surface area (Å²) in [4.78, 5) is 12.7. The largest absolute Gasteiger partial charge is 0.394 e. The maximum absolute atomic E-state index is 11.4. The highest BCUT2D eigenvalue weighted by Gasteiger charge is 2.58. The van der Waals surface area contributed by atoms with Crippen LogP contribution in [0.25, 0.3) is 22.3 Å². The number of fused-ring (bicyclic) bond motifs is 4. The van der Waals surface area contributed by atoms with E-state index in [4.69, 9.17) is 10.5 Å². The summed E-state index contributed by atoms with van der Waals surface area (Å²) in [5.41, 5.74) is 10.1. The summed E-state index contributed by atoms with van der Waals surface area (Å²) >= 11 is 0. The van der Waals surface area contributed by atoms with Gasteiger partial charge in [0.15, 0.2) is 11.5 Å². The van der Waals surface area contributed by atoms with Crippen LogP contribution in [0.4, 0.5) is 5.82 Å². The molecule has 1 aliphatic carbocycles. The Morgan fingerprint density at radius 3 is 2.69 bits per heavy atom. The number of anilines is 1. The number of hydrogen-bond donors (Lipinski definition) is 4. The predicted octanol–water partition coefficient (Wildman–Crippen LogP) is 0.794. The zero-order chi connectivity index (χ0) is 22.0. The number of aliphatic hydroxyl groups is 3. The molecule has 1 aliphatic heterocycles. The number of imidazole rings is 1. The summed E-state index contributed by atoms with van der Waals surface area (Å²) in [6, 6.07) is 13.9. The lowest BCUT2D eigenvalue weighted by molar-refractivity contribution is -0.116. The summed E-state index contributed by atoms with van der Waals surface area (Å²) in [5, 5.41) is 32.0. The molecule has 5 N–H and O–H groups in total. The van der Waals surface area contributed by atoms with Gasteiger partial charge in [0.2, 0.25) is 5.72 Å². The lowest BCUT2D eigenvalue weighted by Gasteiger charge is -2.35. The summed E-state index contributed by atoms with van der Waals surface area (Å²) in [5.74, 6) is 0.196. The van der Waals surface area contributed by atoms with Crippen LogP contribution in [0.5, 0.6) is 0 Å². The van der Waals surface area contributed by atoms with E-state index < -0.39 is 30.6 Å². The van der Waals surface area contributed by atoms with Crippen LogP contribution in [0.2, 0.25) is 0 Å². The van der Waals surface area contributed by atoms with Crippen molar-refractivity contribution in [2.24, 2.45) is 0 Å². The molecular weight excluding hydrogens is 410 g/mol. The van der Waals surface area contributed by atoms with Crippen molar-refractivity contribution in [2.45, 2.75) is 30.5 Å². The maximum Gasteiger partial charge on any atom is 0.203 e. The number of nitrogens with zero attached hydrogens (tertiary/aromatic N) is 4. The topological polar surface area (TPSA) is 140 Å². The average molecular weight is 431 g/mol. The second kappa shape index (κ2) is 6.81. The van der Waals surface area contributed by atoms with Crippen molar-refractivity contribution in [3.05, 3.63) is 71.8 Å². The van der Waals surface area contributed by atoms with Crippen LogP contribution in [0.15, 0.2) is 55.1 Å².